The first kappa shape index (κ1) is 17.9. The molecule has 0 saturated carbocycles. The lowest BCUT2D eigenvalue weighted by Gasteiger charge is -2.37. The number of ether oxygens (including phenoxy) is 1. The van der Waals surface area contributed by atoms with Crippen LogP contribution in [-0.4, -0.2) is 64.9 Å². The fourth-order valence-corrected chi connectivity index (χ4v) is 4.16. The Balaban J connectivity index is 1.31. The van der Waals surface area contributed by atoms with Gasteiger partial charge in [-0.15, -0.1) is 0 Å². The lowest BCUT2D eigenvalue weighted by Crippen LogP contribution is -2.48. The third-order valence-corrected chi connectivity index (χ3v) is 5.61. The van der Waals surface area contributed by atoms with Crippen molar-refractivity contribution >= 4 is 22.8 Å². The summed E-state index contributed by atoms with van der Waals surface area (Å²) in [6.45, 7) is 1.93. The zero-order valence-corrected chi connectivity index (χ0v) is 15.3. The minimum Gasteiger partial charge on any atom is -0.364 e. The van der Waals surface area contributed by atoms with Crippen molar-refractivity contribution in [2.45, 2.75) is 25.9 Å². The van der Waals surface area contributed by atoms with Gasteiger partial charge in [0.05, 0.1) is 16.4 Å². The number of aromatic amines is 1. The number of fused-ring (bicyclic) bond motifs is 1. The third-order valence-electron chi connectivity index (χ3n) is 5.61. The number of H-pyrrole nitrogens is 1. The molecule has 2 fully saturated rings. The van der Waals surface area contributed by atoms with Crippen molar-refractivity contribution in [1.82, 2.24) is 19.8 Å². The maximum Gasteiger partial charge on any atom is 0.248 e. The van der Waals surface area contributed by atoms with Crippen molar-refractivity contribution in [3.8, 4) is 0 Å². The van der Waals surface area contributed by atoms with Gasteiger partial charge >= 0.3 is 0 Å². The van der Waals surface area contributed by atoms with Crippen molar-refractivity contribution in [3.05, 3.63) is 29.8 Å². The summed E-state index contributed by atoms with van der Waals surface area (Å²) in [6.07, 6.45) is 2.54. The van der Waals surface area contributed by atoms with E-state index < -0.39 is 5.41 Å². The lowest BCUT2D eigenvalue weighted by molar-refractivity contribution is -0.145. The Morgan fingerprint density at radius 2 is 2.22 bits per heavy atom. The predicted molar refractivity (Wildman–Crippen MR) is 96.2 cm³/mol. The van der Waals surface area contributed by atoms with Gasteiger partial charge in [0, 0.05) is 26.7 Å². The second-order valence-electron chi connectivity index (χ2n) is 7.51. The number of hydrogen-bond donors (Lipinski definition) is 1. The largest absolute Gasteiger partial charge is 0.364 e. The molecule has 3 heterocycles. The van der Waals surface area contributed by atoms with E-state index >= 15 is 0 Å². The summed E-state index contributed by atoms with van der Waals surface area (Å²) in [7, 11) is 1.83. The van der Waals surface area contributed by atoms with E-state index in [1.807, 2.05) is 7.05 Å². The topological polar surface area (TPSA) is 78.5 Å². The number of benzene rings is 1. The van der Waals surface area contributed by atoms with Gasteiger partial charge in [0.2, 0.25) is 11.8 Å². The number of carbonyl (C=O) groups excluding carboxylic acids is 2. The first-order valence-corrected chi connectivity index (χ1v) is 9.22. The van der Waals surface area contributed by atoms with Gasteiger partial charge in [0.25, 0.3) is 0 Å². The van der Waals surface area contributed by atoms with E-state index in [0.717, 1.165) is 25.8 Å². The number of piperidine rings is 1. The number of aromatic nitrogens is 2. The van der Waals surface area contributed by atoms with Crippen LogP contribution in [0.25, 0.3) is 11.0 Å². The number of hydrogen-bond acceptors (Lipinski definition) is 4. The lowest BCUT2D eigenvalue weighted by atomic mass is 9.78. The molecule has 2 aliphatic heterocycles. The molecule has 1 unspecified atom stereocenters. The molecule has 2 amide bonds. The van der Waals surface area contributed by atoms with Gasteiger partial charge in [-0.1, -0.05) is 0 Å². The van der Waals surface area contributed by atoms with Gasteiger partial charge < -0.3 is 19.5 Å². The molecular weight excluding hydrogens is 351 g/mol. The van der Waals surface area contributed by atoms with Crippen molar-refractivity contribution in [1.29, 1.82) is 0 Å². The molecule has 0 aliphatic carbocycles. The van der Waals surface area contributed by atoms with E-state index in [2.05, 4.69) is 9.97 Å². The highest BCUT2D eigenvalue weighted by Gasteiger charge is 2.48. The quantitative estimate of drug-likeness (QED) is 0.883. The summed E-state index contributed by atoms with van der Waals surface area (Å²) in [5.41, 5.74) is 0.843. The van der Waals surface area contributed by atoms with Crippen LogP contribution in [-0.2, 0) is 20.9 Å². The van der Waals surface area contributed by atoms with E-state index in [1.165, 1.54) is 12.1 Å². The minimum atomic E-state index is -0.411. The second-order valence-corrected chi connectivity index (χ2v) is 7.51. The Bertz CT molecular complexity index is 883. The molecule has 1 N–H and O–H groups in total. The molecule has 8 heteroatoms. The van der Waals surface area contributed by atoms with Crippen LogP contribution in [0.4, 0.5) is 4.39 Å². The number of nitrogens with zero attached hydrogens (tertiary/aromatic N) is 3. The summed E-state index contributed by atoms with van der Waals surface area (Å²) in [6, 6.07) is 4.32. The molecule has 1 atom stereocenters. The zero-order chi connectivity index (χ0) is 19.0. The average Bonchev–Trinajstić information content (AvgIpc) is 3.24. The summed E-state index contributed by atoms with van der Waals surface area (Å²) < 4.78 is 18.7. The number of imidazole rings is 1. The third kappa shape index (κ3) is 3.41. The number of rotatable bonds is 4. The molecular formula is C19H23FN4O3. The molecule has 27 heavy (non-hydrogen) atoms. The fourth-order valence-electron chi connectivity index (χ4n) is 4.16. The van der Waals surface area contributed by atoms with Gasteiger partial charge in [0.1, 0.15) is 24.9 Å². The Labute approximate surface area is 156 Å². The van der Waals surface area contributed by atoms with Crippen molar-refractivity contribution in [3.63, 3.8) is 0 Å². The highest BCUT2D eigenvalue weighted by molar-refractivity contribution is 5.86. The average molecular weight is 374 g/mol. The van der Waals surface area contributed by atoms with E-state index in [0.29, 0.717) is 29.9 Å². The van der Waals surface area contributed by atoms with Gasteiger partial charge in [-0.3, -0.25) is 9.59 Å². The molecule has 0 radical (unpaired) electrons. The second kappa shape index (κ2) is 6.92. The summed E-state index contributed by atoms with van der Waals surface area (Å²) in [5, 5.41) is 0. The molecule has 7 nitrogen and oxygen atoms in total. The summed E-state index contributed by atoms with van der Waals surface area (Å²) in [5.74, 6) is 0.250. The van der Waals surface area contributed by atoms with E-state index in [9.17, 15) is 14.0 Å². The van der Waals surface area contributed by atoms with Gasteiger partial charge in [-0.05, 0) is 37.5 Å². The SMILES string of the molecule is CN1CCCC2(CCN(C(=O)COCc3nc4ccc(F)cc4[nH]3)C2)C1=O. The van der Waals surface area contributed by atoms with E-state index in [4.69, 9.17) is 4.74 Å². The summed E-state index contributed by atoms with van der Waals surface area (Å²) in [4.78, 5) is 35.8. The van der Waals surface area contributed by atoms with Crippen LogP contribution in [0.2, 0.25) is 0 Å². The fraction of sp³-hybridized carbons (Fsp3) is 0.526. The highest BCUT2D eigenvalue weighted by Crippen LogP contribution is 2.39. The molecule has 144 valence electrons. The Kier molecular flexibility index (Phi) is 4.59. The normalized spacial score (nSPS) is 23.0. The van der Waals surface area contributed by atoms with E-state index in [-0.39, 0.29) is 30.8 Å². The molecule has 2 aromatic rings. The number of likely N-dealkylation sites (tertiary alicyclic amines) is 2. The Morgan fingerprint density at radius 1 is 1.37 bits per heavy atom. The minimum absolute atomic E-state index is 0.0640. The number of halogens is 1. The molecule has 1 spiro atoms. The Hall–Kier alpha value is -2.48. The van der Waals surface area contributed by atoms with Crippen molar-refractivity contribution in [2.75, 3.05) is 33.3 Å². The molecule has 1 aromatic heterocycles. The van der Waals surface area contributed by atoms with Crippen LogP contribution in [0.3, 0.4) is 0 Å². The predicted octanol–water partition coefficient (Wildman–Crippen LogP) is 1.69. The van der Waals surface area contributed by atoms with Crippen LogP contribution in [0.15, 0.2) is 18.2 Å². The highest BCUT2D eigenvalue weighted by atomic mass is 19.1. The molecule has 4 rings (SSSR count). The smallest absolute Gasteiger partial charge is 0.248 e. The Morgan fingerprint density at radius 3 is 3.07 bits per heavy atom. The monoisotopic (exact) mass is 374 g/mol. The van der Waals surface area contributed by atoms with E-state index in [1.54, 1.807) is 15.9 Å². The van der Waals surface area contributed by atoms with Gasteiger partial charge in [-0.25, -0.2) is 9.37 Å². The maximum atomic E-state index is 13.2. The van der Waals surface area contributed by atoms with Crippen LogP contribution >= 0.6 is 0 Å². The number of amides is 2. The number of carbonyl (C=O) groups is 2. The van der Waals surface area contributed by atoms with Gasteiger partial charge in [-0.2, -0.15) is 0 Å². The van der Waals surface area contributed by atoms with Crippen molar-refractivity contribution < 1.29 is 18.7 Å². The van der Waals surface area contributed by atoms with Crippen LogP contribution in [0, 0.1) is 11.2 Å². The molecule has 2 aliphatic rings. The standard InChI is InChI=1S/C19H23FN4O3/c1-23-7-2-5-19(18(23)26)6-8-24(12-19)17(25)11-27-10-16-21-14-4-3-13(20)9-15(14)22-16/h3-4,9H,2,5-8,10-12H2,1H3,(H,21,22). The first-order chi connectivity index (χ1) is 13.0. The van der Waals surface area contributed by atoms with Crippen LogP contribution < -0.4 is 0 Å². The number of nitrogens with one attached hydrogen (secondary N) is 1. The van der Waals surface area contributed by atoms with Crippen LogP contribution in [0.5, 0.6) is 0 Å². The first-order valence-electron chi connectivity index (χ1n) is 9.22. The molecule has 1 aromatic carbocycles. The maximum absolute atomic E-state index is 13.2. The van der Waals surface area contributed by atoms with Gasteiger partial charge in [0.15, 0.2) is 0 Å². The zero-order valence-electron chi connectivity index (χ0n) is 15.3. The molecule has 0 bridgehead atoms. The van der Waals surface area contributed by atoms with Crippen molar-refractivity contribution in [2.24, 2.45) is 5.41 Å². The summed E-state index contributed by atoms with van der Waals surface area (Å²) >= 11 is 0. The molecule has 2 saturated heterocycles. The van der Waals surface area contributed by atoms with Crippen LogP contribution in [0.1, 0.15) is 25.1 Å².